The zero-order valence-corrected chi connectivity index (χ0v) is 16.8. The Balaban J connectivity index is 1.33. The van der Waals surface area contributed by atoms with Gasteiger partial charge < -0.3 is 14.2 Å². The average molecular weight is 387 g/mol. The van der Waals surface area contributed by atoms with Crippen molar-refractivity contribution in [3.05, 3.63) is 72.1 Å². The minimum absolute atomic E-state index is 0.262. The normalized spacial score (nSPS) is 17.7. The first-order valence-electron chi connectivity index (χ1n) is 10.2. The fourth-order valence-electron chi connectivity index (χ4n) is 4.46. The highest BCUT2D eigenvalue weighted by Crippen LogP contribution is 2.51. The number of nitrogens with zero attached hydrogens (tertiary/aromatic N) is 3. The lowest BCUT2D eigenvalue weighted by Crippen LogP contribution is -2.54. The maximum Gasteiger partial charge on any atom is 0.233 e. The third-order valence-corrected chi connectivity index (χ3v) is 6.33. The summed E-state index contributed by atoms with van der Waals surface area (Å²) in [5, 5.41) is 0. The van der Waals surface area contributed by atoms with Crippen LogP contribution in [0.4, 0.5) is 0 Å². The molecule has 1 aromatic heterocycles. The zero-order chi connectivity index (χ0) is 20.0. The molecule has 1 amide bonds. The van der Waals surface area contributed by atoms with E-state index in [4.69, 9.17) is 4.74 Å². The molecule has 5 heteroatoms. The molecule has 29 heavy (non-hydrogen) atoms. The average Bonchev–Trinajstić information content (AvgIpc) is 3.46. The Bertz CT molecular complexity index is 1030. The van der Waals surface area contributed by atoms with Gasteiger partial charge in [-0.3, -0.25) is 4.79 Å². The molecule has 1 aliphatic carbocycles. The van der Waals surface area contributed by atoms with Crippen LogP contribution in [-0.2, 0) is 10.2 Å². The summed E-state index contributed by atoms with van der Waals surface area (Å²) < 4.78 is 7.54. The van der Waals surface area contributed by atoms with Gasteiger partial charge in [0.05, 0.1) is 18.6 Å². The van der Waals surface area contributed by atoms with Crippen molar-refractivity contribution in [3.8, 4) is 17.1 Å². The number of aromatic nitrogens is 2. The topological polar surface area (TPSA) is 47.4 Å². The van der Waals surface area contributed by atoms with Gasteiger partial charge in [-0.1, -0.05) is 42.5 Å². The minimum atomic E-state index is -0.330. The van der Waals surface area contributed by atoms with Crippen LogP contribution in [0.25, 0.3) is 11.4 Å². The van der Waals surface area contributed by atoms with E-state index in [0.717, 1.165) is 54.3 Å². The number of aryl methyl sites for hydroxylation is 1. The number of hydrogen-bond acceptors (Lipinski definition) is 3. The van der Waals surface area contributed by atoms with Gasteiger partial charge in [0.2, 0.25) is 5.91 Å². The van der Waals surface area contributed by atoms with Crippen molar-refractivity contribution in [1.29, 1.82) is 0 Å². The van der Waals surface area contributed by atoms with Gasteiger partial charge in [0.15, 0.2) is 0 Å². The smallest absolute Gasteiger partial charge is 0.233 e. The Hall–Kier alpha value is -3.08. The van der Waals surface area contributed by atoms with Gasteiger partial charge in [0.1, 0.15) is 11.6 Å². The first-order valence-corrected chi connectivity index (χ1v) is 10.2. The van der Waals surface area contributed by atoms with Crippen LogP contribution < -0.4 is 4.74 Å². The Morgan fingerprint density at radius 1 is 1.07 bits per heavy atom. The van der Waals surface area contributed by atoms with E-state index >= 15 is 0 Å². The third kappa shape index (κ3) is 2.92. The van der Waals surface area contributed by atoms with E-state index in [1.807, 2.05) is 53.6 Å². The first-order chi connectivity index (χ1) is 14.1. The number of rotatable bonds is 5. The van der Waals surface area contributed by atoms with Gasteiger partial charge in [0.25, 0.3) is 0 Å². The summed E-state index contributed by atoms with van der Waals surface area (Å²) in [7, 11) is 1.66. The fraction of sp³-hybridized carbons (Fsp3) is 0.333. The van der Waals surface area contributed by atoms with Crippen LogP contribution in [0.2, 0.25) is 0 Å². The molecule has 1 aliphatic heterocycles. The van der Waals surface area contributed by atoms with Gasteiger partial charge in [0, 0.05) is 30.5 Å². The van der Waals surface area contributed by atoms with Crippen molar-refractivity contribution in [2.24, 2.45) is 0 Å². The van der Waals surface area contributed by atoms with Crippen LogP contribution in [0.15, 0.2) is 60.8 Å². The number of benzene rings is 2. The Morgan fingerprint density at radius 3 is 2.38 bits per heavy atom. The van der Waals surface area contributed by atoms with Crippen molar-refractivity contribution in [3.63, 3.8) is 0 Å². The van der Waals surface area contributed by atoms with Gasteiger partial charge in [-0.2, -0.15) is 0 Å². The summed E-state index contributed by atoms with van der Waals surface area (Å²) in [5.74, 6) is 2.07. The molecule has 0 radical (unpaired) electrons. The van der Waals surface area contributed by atoms with Gasteiger partial charge in [-0.25, -0.2) is 4.98 Å². The molecule has 5 rings (SSSR count). The van der Waals surface area contributed by atoms with E-state index in [1.54, 1.807) is 7.11 Å². The van der Waals surface area contributed by atoms with E-state index in [9.17, 15) is 4.79 Å². The predicted molar refractivity (Wildman–Crippen MR) is 112 cm³/mol. The summed E-state index contributed by atoms with van der Waals surface area (Å²) in [5.41, 5.74) is 3.03. The van der Waals surface area contributed by atoms with Crippen LogP contribution in [0, 0.1) is 6.92 Å². The summed E-state index contributed by atoms with van der Waals surface area (Å²) >= 11 is 0. The summed E-state index contributed by atoms with van der Waals surface area (Å²) in [6.45, 7) is 3.57. The largest absolute Gasteiger partial charge is 0.497 e. The molecule has 2 aromatic carbocycles. The number of imidazole rings is 1. The number of hydrogen-bond donors (Lipinski definition) is 0. The Labute approximate surface area is 170 Å². The SMILES string of the molecule is COc1ccc(C2(C(=O)N3CC(n4c(C)cnc4-c4ccccc4)C3)CC2)cc1. The van der Waals surface area contributed by atoms with E-state index in [-0.39, 0.29) is 17.4 Å². The molecule has 3 aromatic rings. The zero-order valence-electron chi connectivity index (χ0n) is 16.8. The highest BCUT2D eigenvalue weighted by atomic mass is 16.5. The maximum atomic E-state index is 13.3. The number of methoxy groups -OCH3 is 1. The molecule has 0 bridgehead atoms. The molecule has 1 saturated heterocycles. The number of carbonyl (C=O) groups is 1. The second kappa shape index (κ2) is 6.76. The van der Waals surface area contributed by atoms with E-state index in [2.05, 4.69) is 28.6 Å². The van der Waals surface area contributed by atoms with E-state index < -0.39 is 0 Å². The molecule has 1 saturated carbocycles. The van der Waals surface area contributed by atoms with E-state index in [0.29, 0.717) is 0 Å². The molecule has 2 fully saturated rings. The number of amides is 1. The number of carbonyl (C=O) groups excluding carboxylic acids is 1. The highest BCUT2D eigenvalue weighted by molar-refractivity contribution is 5.92. The molecular formula is C24H25N3O2. The monoisotopic (exact) mass is 387 g/mol. The highest BCUT2D eigenvalue weighted by Gasteiger charge is 2.54. The third-order valence-electron chi connectivity index (χ3n) is 6.33. The van der Waals surface area contributed by atoms with Crippen molar-refractivity contribution in [1.82, 2.24) is 14.5 Å². The fourth-order valence-corrected chi connectivity index (χ4v) is 4.46. The summed E-state index contributed by atoms with van der Waals surface area (Å²) in [4.78, 5) is 19.9. The lowest BCUT2D eigenvalue weighted by molar-refractivity contribution is -0.139. The van der Waals surface area contributed by atoms with Gasteiger partial charge in [-0.15, -0.1) is 0 Å². The quantitative estimate of drug-likeness (QED) is 0.665. The van der Waals surface area contributed by atoms with Crippen LogP contribution >= 0.6 is 0 Å². The lowest BCUT2D eigenvalue weighted by Gasteiger charge is -2.43. The van der Waals surface area contributed by atoms with Crippen molar-refractivity contribution in [2.45, 2.75) is 31.2 Å². The maximum absolute atomic E-state index is 13.3. The van der Waals surface area contributed by atoms with Crippen molar-refractivity contribution < 1.29 is 9.53 Å². The molecule has 0 N–H and O–H groups in total. The molecule has 2 heterocycles. The predicted octanol–water partition coefficient (Wildman–Crippen LogP) is 3.98. The van der Waals surface area contributed by atoms with Crippen LogP contribution in [0.1, 0.15) is 30.1 Å². The van der Waals surface area contributed by atoms with Crippen LogP contribution in [-0.4, -0.2) is 40.6 Å². The van der Waals surface area contributed by atoms with Gasteiger partial charge >= 0.3 is 0 Å². The minimum Gasteiger partial charge on any atom is -0.497 e. The molecule has 0 atom stereocenters. The molecule has 148 valence electrons. The van der Waals surface area contributed by atoms with Crippen molar-refractivity contribution >= 4 is 5.91 Å². The molecule has 0 spiro atoms. The summed E-state index contributed by atoms with van der Waals surface area (Å²) in [6, 6.07) is 18.5. The molecular weight excluding hydrogens is 362 g/mol. The van der Waals surface area contributed by atoms with Crippen molar-refractivity contribution in [2.75, 3.05) is 20.2 Å². The standard InChI is InChI=1S/C24H25N3O2/c1-17-14-25-22(18-6-4-3-5-7-18)27(17)20-15-26(16-20)23(28)24(12-13-24)19-8-10-21(29-2)11-9-19/h3-11,14,20H,12-13,15-16H2,1-2H3. The Morgan fingerprint density at radius 2 is 1.76 bits per heavy atom. The molecule has 5 nitrogen and oxygen atoms in total. The molecule has 2 aliphatic rings. The molecule has 0 unspecified atom stereocenters. The second-order valence-corrected chi connectivity index (χ2v) is 8.13. The number of ether oxygens (including phenoxy) is 1. The lowest BCUT2D eigenvalue weighted by atomic mass is 9.92. The Kier molecular flexibility index (Phi) is 4.19. The van der Waals surface area contributed by atoms with Crippen LogP contribution in [0.3, 0.4) is 0 Å². The summed E-state index contributed by atoms with van der Waals surface area (Å²) in [6.07, 6.45) is 3.78. The second-order valence-electron chi connectivity index (χ2n) is 8.13. The van der Waals surface area contributed by atoms with Gasteiger partial charge in [-0.05, 0) is 37.5 Å². The number of likely N-dealkylation sites (tertiary alicyclic amines) is 1. The van der Waals surface area contributed by atoms with E-state index in [1.165, 1.54) is 0 Å². The van der Waals surface area contributed by atoms with Crippen LogP contribution in [0.5, 0.6) is 5.75 Å². The first kappa shape index (κ1) is 18.0.